The highest BCUT2D eigenvalue weighted by molar-refractivity contribution is 5.91. The van der Waals surface area contributed by atoms with E-state index in [1.807, 2.05) is 42.6 Å². The first-order chi connectivity index (χ1) is 13.2. The average Bonchev–Trinajstić information content (AvgIpc) is 2.72. The Balaban J connectivity index is 1.81. The number of hydrogen-bond acceptors (Lipinski definition) is 6. The molecule has 2 N–H and O–H groups in total. The lowest BCUT2D eigenvalue weighted by atomic mass is 10.1. The fraction of sp³-hybridized carbons (Fsp3) is 0.0952. The highest BCUT2D eigenvalue weighted by atomic mass is 16.5. The topological polar surface area (TPSA) is 80.2 Å². The molecule has 0 saturated heterocycles. The number of para-hydroxylation sites is 1. The van der Waals surface area contributed by atoms with Crippen LogP contribution in [0.3, 0.4) is 0 Å². The Hall–Kier alpha value is -3.67. The van der Waals surface area contributed by atoms with Crippen LogP contribution in [-0.4, -0.2) is 27.2 Å². The summed E-state index contributed by atoms with van der Waals surface area (Å²) in [4.78, 5) is 13.4. The minimum absolute atomic E-state index is 0.137. The van der Waals surface area contributed by atoms with Crippen molar-refractivity contribution in [3.05, 3.63) is 72.6 Å². The van der Waals surface area contributed by atoms with Crippen LogP contribution in [0.15, 0.2) is 67.0 Å². The van der Waals surface area contributed by atoms with Crippen LogP contribution in [0.2, 0.25) is 0 Å². The fourth-order valence-electron chi connectivity index (χ4n) is 2.84. The number of rotatable bonds is 5. The molecule has 0 spiro atoms. The summed E-state index contributed by atoms with van der Waals surface area (Å²) in [6.07, 6.45) is 3.55. The highest BCUT2D eigenvalue weighted by Gasteiger charge is 2.13. The Morgan fingerprint density at radius 3 is 2.70 bits per heavy atom. The Morgan fingerprint density at radius 2 is 1.93 bits per heavy atom. The lowest BCUT2D eigenvalue weighted by Crippen LogP contribution is -2.04. The molecule has 6 nitrogen and oxygen atoms in total. The maximum Gasteiger partial charge on any atom is 0.165 e. The molecule has 0 unspecified atom stereocenters. The van der Waals surface area contributed by atoms with Crippen molar-refractivity contribution < 1.29 is 9.84 Å². The van der Waals surface area contributed by atoms with Crippen LogP contribution in [0.4, 0.5) is 5.82 Å². The number of nitrogens with zero attached hydrogens (tertiary/aromatic N) is 3. The first-order valence-corrected chi connectivity index (χ1v) is 8.51. The molecule has 0 aliphatic heterocycles. The normalized spacial score (nSPS) is 10.7. The number of anilines is 1. The van der Waals surface area contributed by atoms with E-state index in [-0.39, 0.29) is 5.75 Å². The summed E-state index contributed by atoms with van der Waals surface area (Å²) >= 11 is 0. The van der Waals surface area contributed by atoms with Crippen molar-refractivity contribution in [1.82, 2.24) is 15.0 Å². The molecule has 0 saturated carbocycles. The highest BCUT2D eigenvalue weighted by Crippen LogP contribution is 2.31. The summed E-state index contributed by atoms with van der Waals surface area (Å²) in [5.74, 6) is 1.98. The zero-order chi connectivity index (χ0) is 18.6. The molecule has 4 rings (SSSR count). The van der Waals surface area contributed by atoms with Gasteiger partial charge in [-0.05, 0) is 35.9 Å². The quantitative estimate of drug-likeness (QED) is 0.561. The predicted molar refractivity (Wildman–Crippen MR) is 105 cm³/mol. The van der Waals surface area contributed by atoms with Crippen molar-refractivity contribution in [2.45, 2.75) is 6.54 Å². The van der Waals surface area contributed by atoms with E-state index >= 15 is 0 Å². The maximum absolute atomic E-state index is 10.2. The Bertz CT molecular complexity index is 1080. The van der Waals surface area contributed by atoms with E-state index in [2.05, 4.69) is 20.3 Å². The number of aromatic nitrogens is 3. The first-order valence-electron chi connectivity index (χ1n) is 8.51. The van der Waals surface area contributed by atoms with Crippen LogP contribution in [-0.2, 0) is 6.54 Å². The minimum atomic E-state index is 0.137. The van der Waals surface area contributed by atoms with E-state index in [1.54, 1.807) is 31.5 Å². The van der Waals surface area contributed by atoms with Gasteiger partial charge in [0.15, 0.2) is 5.82 Å². The molecule has 2 aromatic heterocycles. The predicted octanol–water partition coefficient (Wildman–Crippen LogP) is 4.02. The Kier molecular flexibility index (Phi) is 4.53. The largest absolute Gasteiger partial charge is 0.507 e. The summed E-state index contributed by atoms with van der Waals surface area (Å²) in [7, 11) is 1.62. The molecule has 2 aromatic carbocycles. The number of methoxy groups -OCH3 is 1. The van der Waals surface area contributed by atoms with Crippen molar-refractivity contribution >= 4 is 16.7 Å². The second-order valence-electron chi connectivity index (χ2n) is 6.01. The number of benzene rings is 2. The number of phenols is 1. The van der Waals surface area contributed by atoms with Gasteiger partial charge in [-0.2, -0.15) is 0 Å². The molecule has 0 radical (unpaired) electrons. The van der Waals surface area contributed by atoms with Gasteiger partial charge in [-0.15, -0.1) is 0 Å². The average molecular weight is 358 g/mol. The van der Waals surface area contributed by atoms with Gasteiger partial charge in [0.1, 0.15) is 17.3 Å². The Morgan fingerprint density at radius 1 is 1.04 bits per heavy atom. The molecule has 134 valence electrons. The second kappa shape index (κ2) is 7.29. The SMILES string of the molecule is COc1ccc2c(NCc3cccnc3)nc(-c3ccccc3O)nc2c1. The molecule has 0 atom stereocenters. The van der Waals surface area contributed by atoms with E-state index in [1.165, 1.54) is 0 Å². The number of fused-ring (bicyclic) bond motifs is 1. The van der Waals surface area contributed by atoms with E-state index < -0.39 is 0 Å². The van der Waals surface area contributed by atoms with Crippen molar-refractivity contribution in [3.63, 3.8) is 0 Å². The maximum atomic E-state index is 10.2. The molecule has 4 aromatic rings. The number of aromatic hydroxyl groups is 1. The number of ether oxygens (including phenoxy) is 1. The minimum Gasteiger partial charge on any atom is -0.507 e. The van der Waals surface area contributed by atoms with E-state index in [0.717, 1.165) is 16.5 Å². The van der Waals surface area contributed by atoms with Gasteiger partial charge < -0.3 is 15.2 Å². The number of hydrogen-bond donors (Lipinski definition) is 2. The van der Waals surface area contributed by atoms with Crippen LogP contribution in [0.5, 0.6) is 11.5 Å². The van der Waals surface area contributed by atoms with E-state index in [9.17, 15) is 5.11 Å². The lowest BCUT2D eigenvalue weighted by Gasteiger charge is -2.12. The number of phenolic OH excluding ortho intramolecular Hbond substituents is 1. The molecule has 2 heterocycles. The van der Waals surface area contributed by atoms with Gasteiger partial charge in [-0.25, -0.2) is 9.97 Å². The molecular formula is C21H18N4O2. The van der Waals surface area contributed by atoms with Gasteiger partial charge in [0, 0.05) is 30.4 Å². The molecule has 0 bridgehead atoms. The first kappa shape index (κ1) is 16.8. The zero-order valence-electron chi connectivity index (χ0n) is 14.8. The van der Waals surface area contributed by atoms with Gasteiger partial charge >= 0.3 is 0 Å². The van der Waals surface area contributed by atoms with Gasteiger partial charge in [0.25, 0.3) is 0 Å². The van der Waals surface area contributed by atoms with Gasteiger partial charge in [-0.3, -0.25) is 4.98 Å². The monoisotopic (exact) mass is 358 g/mol. The van der Waals surface area contributed by atoms with Gasteiger partial charge in [0.05, 0.1) is 18.2 Å². The molecule has 6 heteroatoms. The Labute approximate surface area is 156 Å². The third kappa shape index (κ3) is 3.50. The molecule has 0 aliphatic carbocycles. The van der Waals surface area contributed by atoms with Crippen LogP contribution < -0.4 is 10.1 Å². The summed E-state index contributed by atoms with van der Waals surface area (Å²) in [5, 5.41) is 14.4. The fourth-order valence-corrected chi connectivity index (χ4v) is 2.84. The van der Waals surface area contributed by atoms with Crippen LogP contribution in [0.25, 0.3) is 22.3 Å². The summed E-state index contributed by atoms with van der Waals surface area (Å²) < 4.78 is 5.32. The van der Waals surface area contributed by atoms with E-state index in [0.29, 0.717) is 29.5 Å². The van der Waals surface area contributed by atoms with Crippen molar-refractivity contribution in [1.29, 1.82) is 0 Å². The zero-order valence-corrected chi connectivity index (χ0v) is 14.8. The third-order valence-electron chi connectivity index (χ3n) is 4.23. The lowest BCUT2D eigenvalue weighted by molar-refractivity contribution is 0.415. The van der Waals surface area contributed by atoms with Crippen molar-refractivity contribution in [3.8, 4) is 22.9 Å². The molecule has 27 heavy (non-hydrogen) atoms. The van der Waals surface area contributed by atoms with Gasteiger partial charge in [-0.1, -0.05) is 18.2 Å². The van der Waals surface area contributed by atoms with Crippen LogP contribution in [0.1, 0.15) is 5.56 Å². The van der Waals surface area contributed by atoms with Gasteiger partial charge in [0.2, 0.25) is 0 Å². The summed E-state index contributed by atoms with van der Waals surface area (Å²) in [5.41, 5.74) is 2.35. The second-order valence-corrected chi connectivity index (χ2v) is 6.01. The molecular weight excluding hydrogens is 340 g/mol. The van der Waals surface area contributed by atoms with Crippen LogP contribution >= 0.6 is 0 Å². The molecule has 0 amide bonds. The third-order valence-corrected chi connectivity index (χ3v) is 4.23. The van der Waals surface area contributed by atoms with E-state index in [4.69, 9.17) is 4.74 Å². The van der Waals surface area contributed by atoms with Crippen molar-refractivity contribution in [2.75, 3.05) is 12.4 Å². The van der Waals surface area contributed by atoms with Crippen molar-refractivity contribution in [2.24, 2.45) is 0 Å². The number of nitrogens with one attached hydrogen (secondary N) is 1. The standard InChI is InChI=1S/C21H18N4O2/c1-27-15-8-9-16-18(11-15)24-21(17-6-2-3-7-19(17)26)25-20(16)23-13-14-5-4-10-22-12-14/h2-12,26H,13H2,1H3,(H,23,24,25). The molecule has 0 aliphatic rings. The van der Waals surface area contributed by atoms with Crippen LogP contribution in [0, 0.1) is 0 Å². The molecule has 0 fully saturated rings. The summed E-state index contributed by atoms with van der Waals surface area (Å²) in [6.45, 7) is 0.576. The summed E-state index contributed by atoms with van der Waals surface area (Å²) in [6, 6.07) is 16.6. The number of pyridine rings is 1. The smallest absolute Gasteiger partial charge is 0.165 e.